The Morgan fingerprint density at radius 1 is 1.36 bits per heavy atom. The molecule has 0 atom stereocenters. The third-order valence-electron chi connectivity index (χ3n) is 2.73. The van der Waals surface area contributed by atoms with E-state index in [1.54, 1.807) is 0 Å². The van der Waals surface area contributed by atoms with Gasteiger partial charge in [-0.25, -0.2) is 4.79 Å². The minimum Gasteiger partial charge on any atom is -0.337 e. The van der Waals surface area contributed by atoms with Crippen molar-refractivity contribution in [2.45, 2.75) is 38.6 Å². The highest BCUT2D eigenvalue weighted by Gasteiger charge is 2.19. The van der Waals surface area contributed by atoms with Crippen molar-refractivity contribution in [1.29, 1.82) is 0 Å². The van der Waals surface area contributed by atoms with Crippen LogP contribution < -0.4 is 10.6 Å². The molecule has 4 heteroatoms. The van der Waals surface area contributed by atoms with E-state index in [1.165, 1.54) is 12.8 Å². The fourth-order valence-corrected chi connectivity index (χ4v) is 1.90. The largest absolute Gasteiger partial charge is 0.337 e. The average Bonchev–Trinajstić information content (AvgIpc) is 2.18. The molecule has 0 aromatic rings. The van der Waals surface area contributed by atoms with Crippen LogP contribution in [0.2, 0.25) is 0 Å². The summed E-state index contributed by atoms with van der Waals surface area (Å²) in [4.78, 5) is 11.3. The maximum atomic E-state index is 11.3. The molecule has 2 amide bonds. The van der Waals surface area contributed by atoms with E-state index in [1.807, 2.05) is 0 Å². The summed E-state index contributed by atoms with van der Waals surface area (Å²) in [7, 11) is 0. The second kappa shape index (κ2) is 6.12. The van der Waals surface area contributed by atoms with Crippen LogP contribution in [0.4, 0.5) is 4.79 Å². The van der Waals surface area contributed by atoms with E-state index in [0.29, 0.717) is 18.5 Å². The molecule has 82 valence electrons. The van der Waals surface area contributed by atoms with Gasteiger partial charge in [0.1, 0.15) is 0 Å². The summed E-state index contributed by atoms with van der Waals surface area (Å²) in [5.74, 6) is 1.29. The molecule has 0 spiro atoms. The molecular formula is C10H19ClN2O. The van der Waals surface area contributed by atoms with Gasteiger partial charge in [0.25, 0.3) is 0 Å². The van der Waals surface area contributed by atoms with E-state index in [0.717, 1.165) is 18.8 Å². The Bertz CT molecular complexity index is 179. The van der Waals surface area contributed by atoms with Gasteiger partial charge in [-0.05, 0) is 31.6 Å². The summed E-state index contributed by atoms with van der Waals surface area (Å²) in [6, 6.07) is 0.284. The molecule has 0 aromatic carbocycles. The van der Waals surface area contributed by atoms with Gasteiger partial charge in [0.05, 0.1) is 0 Å². The number of carbonyl (C=O) groups excluding carboxylic acids is 1. The first kappa shape index (κ1) is 11.6. The van der Waals surface area contributed by atoms with Crippen molar-refractivity contribution in [2.75, 3.05) is 12.4 Å². The first-order chi connectivity index (χ1) is 6.72. The van der Waals surface area contributed by atoms with E-state index in [2.05, 4.69) is 17.6 Å². The van der Waals surface area contributed by atoms with Crippen LogP contribution in [-0.4, -0.2) is 24.5 Å². The molecule has 1 fully saturated rings. The zero-order chi connectivity index (χ0) is 10.4. The lowest BCUT2D eigenvalue weighted by atomic mass is 9.87. The van der Waals surface area contributed by atoms with Gasteiger partial charge >= 0.3 is 6.03 Å². The fourth-order valence-electron chi connectivity index (χ4n) is 1.80. The Hall–Kier alpha value is -0.440. The average molecular weight is 219 g/mol. The molecule has 1 saturated carbocycles. The van der Waals surface area contributed by atoms with Gasteiger partial charge in [-0.1, -0.05) is 6.92 Å². The van der Waals surface area contributed by atoms with Crippen molar-refractivity contribution < 1.29 is 4.79 Å². The molecule has 1 rings (SSSR count). The van der Waals surface area contributed by atoms with Crippen molar-refractivity contribution in [1.82, 2.24) is 10.6 Å². The molecule has 0 bridgehead atoms. The van der Waals surface area contributed by atoms with Crippen LogP contribution in [0.1, 0.15) is 32.6 Å². The number of alkyl halides is 1. The van der Waals surface area contributed by atoms with Gasteiger partial charge in [-0.15, -0.1) is 11.6 Å². The molecule has 0 radical (unpaired) electrons. The number of halogens is 1. The second-order valence-electron chi connectivity index (χ2n) is 4.05. The van der Waals surface area contributed by atoms with Crippen molar-refractivity contribution in [3.8, 4) is 0 Å². The van der Waals surface area contributed by atoms with E-state index in [-0.39, 0.29) is 6.03 Å². The van der Waals surface area contributed by atoms with Crippen molar-refractivity contribution in [3.63, 3.8) is 0 Å². The number of rotatable bonds is 3. The predicted molar refractivity (Wildman–Crippen MR) is 58.7 cm³/mol. The Balaban J connectivity index is 2.14. The van der Waals surface area contributed by atoms with Gasteiger partial charge < -0.3 is 10.6 Å². The first-order valence-electron chi connectivity index (χ1n) is 5.32. The standard InChI is InChI=1S/C10H19ClN2O/c1-8-2-4-9(5-3-8)13-10(14)12-7-6-11/h8-9H,2-7H2,1H3,(H2,12,13,14). The number of carbonyl (C=O) groups is 1. The monoisotopic (exact) mass is 218 g/mol. The van der Waals surface area contributed by atoms with Gasteiger partial charge in [-0.2, -0.15) is 0 Å². The lowest BCUT2D eigenvalue weighted by Gasteiger charge is -2.26. The van der Waals surface area contributed by atoms with Crippen molar-refractivity contribution >= 4 is 17.6 Å². The smallest absolute Gasteiger partial charge is 0.315 e. The molecule has 2 N–H and O–H groups in total. The van der Waals surface area contributed by atoms with Gasteiger partial charge in [0, 0.05) is 18.5 Å². The fraction of sp³-hybridized carbons (Fsp3) is 0.900. The summed E-state index contributed by atoms with van der Waals surface area (Å²) in [5.41, 5.74) is 0. The lowest BCUT2D eigenvalue weighted by molar-refractivity contribution is 0.229. The van der Waals surface area contributed by atoms with Gasteiger partial charge in [0.15, 0.2) is 0 Å². The summed E-state index contributed by atoms with van der Waals surface area (Å²) >= 11 is 5.46. The van der Waals surface area contributed by atoms with E-state index in [4.69, 9.17) is 11.6 Å². The summed E-state index contributed by atoms with van der Waals surface area (Å²) < 4.78 is 0. The molecule has 1 aliphatic rings. The number of urea groups is 1. The van der Waals surface area contributed by atoms with Crippen molar-refractivity contribution in [3.05, 3.63) is 0 Å². The molecule has 0 aliphatic heterocycles. The Kier molecular flexibility index (Phi) is 5.09. The van der Waals surface area contributed by atoms with E-state index in [9.17, 15) is 4.79 Å². The maximum absolute atomic E-state index is 11.3. The Morgan fingerprint density at radius 3 is 2.57 bits per heavy atom. The highest BCUT2D eigenvalue weighted by molar-refractivity contribution is 6.18. The van der Waals surface area contributed by atoms with Crippen LogP contribution in [-0.2, 0) is 0 Å². The van der Waals surface area contributed by atoms with Gasteiger partial charge in [0.2, 0.25) is 0 Å². The van der Waals surface area contributed by atoms with Crippen LogP contribution in [0.15, 0.2) is 0 Å². The van der Waals surface area contributed by atoms with Crippen LogP contribution in [0.5, 0.6) is 0 Å². The minimum absolute atomic E-state index is 0.0785. The predicted octanol–water partition coefficient (Wildman–Crippen LogP) is 2.10. The van der Waals surface area contributed by atoms with Crippen LogP contribution in [0, 0.1) is 5.92 Å². The molecule has 3 nitrogen and oxygen atoms in total. The third kappa shape index (κ3) is 4.18. The molecule has 0 saturated heterocycles. The molecule has 14 heavy (non-hydrogen) atoms. The number of hydrogen-bond donors (Lipinski definition) is 2. The molecular weight excluding hydrogens is 200 g/mol. The lowest BCUT2D eigenvalue weighted by Crippen LogP contribution is -2.44. The third-order valence-corrected chi connectivity index (χ3v) is 2.92. The summed E-state index contributed by atoms with van der Waals surface area (Å²) in [6.07, 6.45) is 4.66. The van der Waals surface area contributed by atoms with Crippen LogP contribution in [0.3, 0.4) is 0 Å². The molecule has 0 heterocycles. The maximum Gasteiger partial charge on any atom is 0.315 e. The summed E-state index contributed by atoms with van der Waals surface area (Å²) in [5, 5.41) is 5.67. The number of hydrogen-bond acceptors (Lipinski definition) is 1. The van der Waals surface area contributed by atoms with Gasteiger partial charge in [-0.3, -0.25) is 0 Å². The van der Waals surface area contributed by atoms with Crippen LogP contribution >= 0.6 is 11.6 Å². The summed E-state index contributed by atoms with van der Waals surface area (Å²) in [6.45, 7) is 2.81. The van der Waals surface area contributed by atoms with Crippen molar-refractivity contribution in [2.24, 2.45) is 5.92 Å². The Morgan fingerprint density at radius 2 is 2.00 bits per heavy atom. The number of amides is 2. The molecule has 0 aromatic heterocycles. The topological polar surface area (TPSA) is 41.1 Å². The first-order valence-corrected chi connectivity index (χ1v) is 5.86. The molecule has 1 aliphatic carbocycles. The van der Waals surface area contributed by atoms with E-state index < -0.39 is 0 Å². The quantitative estimate of drug-likeness (QED) is 0.700. The minimum atomic E-state index is -0.0785. The zero-order valence-electron chi connectivity index (χ0n) is 8.68. The Labute approximate surface area is 90.6 Å². The highest BCUT2D eigenvalue weighted by atomic mass is 35.5. The zero-order valence-corrected chi connectivity index (χ0v) is 9.44. The second-order valence-corrected chi connectivity index (χ2v) is 4.42. The normalized spacial score (nSPS) is 27.0. The van der Waals surface area contributed by atoms with E-state index >= 15 is 0 Å². The molecule has 0 unspecified atom stereocenters. The highest BCUT2D eigenvalue weighted by Crippen LogP contribution is 2.23. The SMILES string of the molecule is CC1CCC(NC(=O)NCCCl)CC1. The number of nitrogens with one attached hydrogen (secondary N) is 2. The van der Waals surface area contributed by atoms with Crippen LogP contribution in [0.25, 0.3) is 0 Å².